The Morgan fingerprint density at radius 1 is 1.48 bits per heavy atom. The minimum absolute atomic E-state index is 0. The van der Waals surface area contributed by atoms with E-state index in [4.69, 9.17) is 4.74 Å². The fourth-order valence-electron chi connectivity index (χ4n) is 3.67. The van der Waals surface area contributed by atoms with Crippen molar-refractivity contribution in [2.75, 3.05) is 13.2 Å². The lowest BCUT2D eigenvalue weighted by atomic mass is 9.99. The number of aryl methyl sites for hydroxylation is 1. The number of urea groups is 1. The zero-order valence-corrected chi connectivity index (χ0v) is 16.7. The van der Waals surface area contributed by atoms with Gasteiger partial charge >= 0.3 is 6.03 Å². The zero-order chi connectivity index (χ0) is 17.1. The number of amides is 2. The van der Waals surface area contributed by atoms with E-state index in [-0.39, 0.29) is 50.1 Å². The van der Waals surface area contributed by atoms with E-state index in [0.717, 1.165) is 25.7 Å². The number of rotatable bonds is 6. The minimum atomic E-state index is -0.373. The van der Waals surface area contributed by atoms with Gasteiger partial charge in [-0.25, -0.2) is 4.79 Å². The zero-order valence-electron chi connectivity index (χ0n) is 14.9. The number of Topliss-reactive ketones (excluding diaryl/α,β-unsaturated/α-hetero) is 1. The van der Waals surface area contributed by atoms with Crippen LogP contribution in [0.25, 0.3) is 0 Å². The molecule has 25 heavy (non-hydrogen) atoms. The van der Waals surface area contributed by atoms with Crippen LogP contribution >= 0.6 is 24.8 Å². The molecule has 2 amide bonds. The number of ketones is 1. The molecule has 0 saturated carbocycles. The number of hydrogen-bond acceptors (Lipinski definition) is 4. The van der Waals surface area contributed by atoms with Crippen LogP contribution in [0.2, 0.25) is 0 Å². The first-order valence-corrected chi connectivity index (χ1v) is 9.66. The van der Waals surface area contributed by atoms with Gasteiger partial charge in [0, 0.05) is 17.5 Å². The van der Waals surface area contributed by atoms with Gasteiger partial charge in [0.05, 0.1) is 6.10 Å². The Hall–Kier alpha value is -1.05. The number of fused-ring (bicyclic) bond motifs is 1. The normalized spacial score (nSPS) is 23.5. The molecule has 0 aromatic carbocycles. The van der Waals surface area contributed by atoms with Crippen molar-refractivity contribution in [3.05, 3.63) is 22.4 Å². The summed E-state index contributed by atoms with van der Waals surface area (Å²) in [6, 6.07) is 3.85. The molecular formula is C18H28N2O3S2. The van der Waals surface area contributed by atoms with Gasteiger partial charge in [0.2, 0.25) is 0 Å². The molecule has 2 aliphatic heterocycles. The Balaban J connectivity index is 0.00000225. The molecule has 3 heterocycles. The highest BCUT2D eigenvalue weighted by molar-refractivity contribution is 7.59. The van der Waals surface area contributed by atoms with Gasteiger partial charge < -0.3 is 15.0 Å². The third kappa shape index (κ3) is 4.99. The molecule has 1 aromatic heterocycles. The fraction of sp³-hybridized carbons (Fsp3) is 0.667. The lowest BCUT2D eigenvalue weighted by molar-refractivity contribution is -0.120. The second-order valence-electron chi connectivity index (χ2n) is 7.14. The number of thiophene rings is 1. The molecule has 1 unspecified atom stereocenters. The van der Waals surface area contributed by atoms with Crippen molar-refractivity contribution in [2.24, 2.45) is 5.92 Å². The van der Waals surface area contributed by atoms with Crippen LogP contribution in [0.4, 0.5) is 4.79 Å². The van der Waals surface area contributed by atoms with Crippen molar-refractivity contribution < 1.29 is 14.3 Å². The van der Waals surface area contributed by atoms with E-state index in [1.165, 1.54) is 4.88 Å². The smallest absolute Gasteiger partial charge is 0.318 e. The van der Waals surface area contributed by atoms with E-state index >= 15 is 0 Å². The minimum Gasteiger partial charge on any atom is -0.368 e. The van der Waals surface area contributed by atoms with Gasteiger partial charge in [-0.05, 0) is 43.0 Å². The van der Waals surface area contributed by atoms with Crippen molar-refractivity contribution in [1.29, 1.82) is 0 Å². The van der Waals surface area contributed by atoms with Gasteiger partial charge in [0.25, 0.3) is 0 Å². The Kier molecular flexibility index (Phi) is 7.34. The standard InChI is InChI=1S/C18H26N2O3S.H2S/c1-12(2)10-13(5-6-14-4-3-9-24-14)19-18(22)20-8-7-16-17(20)15(21)11-23-16;/h3-4,9,12-13,16-17H,5-8,10-11H2,1-2H3,(H,19,22);1H2/t13?,16-,17-;/m1./s1. The summed E-state index contributed by atoms with van der Waals surface area (Å²) in [5.41, 5.74) is 0. The Morgan fingerprint density at radius 3 is 2.96 bits per heavy atom. The Morgan fingerprint density at radius 2 is 2.28 bits per heavy atom. The predicted molar refractivity (Wildman–Crippen MR) is 105 cm³/mol. The maximum absolute atomic E-state index is 12.7. The number of nitrogens with one attached hydrogen (secondary N) is 1. The van der Waals surface area contributed by atoms with Crippen molar-refractivity contribution in [1.82, 2.24) is 10.2 Å². The van der Waals surface area contributed by atoms with E-state index in [0.29, 0.717) is 12.5 Å². The van der Waals surface area contributed by atoms with Crippen molar-refractivity contribution in [2.45, 2.75) is 57.7 Å². The number of likely N-dealkylation sites (tertiary alicyclic amines) is 1. The molecule has 7 heteroatoms. The molecule has 1 N–H and O–H groups in total. The van der Waals surface area contributed by atoms with Crippen LogP contribution in [0.15, 0.2) is 17.5 Å². The van der Waals surface area contributed by atoms with Gasteiger partial charge in [-0.15, -0.1) is 11.3 Å². The molecule has 0 aliphatic carbocycles. The first-order chi connectivity index (χ1) is 11.5. The summed E-state index contributed by atoms with van der Waals surface area (Å²) in [7, 11) is 0. The third-order valence-electron chi connectivity index (χ3n) is 4.78. The first-order valence-electron chi connectivity index (χ1n) is 8.78. The molecule has 140 valence electrons. The van der Waals surface area contributed by atoms with Crippen molar-refractivity contribution >= 4 is 36.6 Å². The van der Waals surface area contributed by atoms with E-state index in [1.54, 1.807) is 16.2 Å². The van der Waals surface area contributed by atoms with E-state index in [1.807, 2.05) is 0 Å². The average Bonchev–Trinajstić information content (AvgIpc) is 3.23. The summed E-state index contributed by atoms with van der Waals surface area (Å²) in [4.78, 5) is 27.7. The number of nitrogens with zero attached hydrogens (tertiary/aromatic N) is 1. The fourth-order valence-corrected chi connectivity index (χ4v) is 4.39. The van der Waals surface area contributed by atoms with Crippen LogP contribution in [0.3, 0.4) is 0 Å². The Labute approximate surface area is 160 Å². The maximum Gasteiger partial charge on any atom is 0.318 e. The Bertz CT molecular complexity index is 577. The van der Waals surface area contributed by atoms with E-state index < -0.39 is 0 Å². The first kappa shape index (κ1) is 20.3. The number of carbonyl (C=O) groups excluding carboxylic acids is 2. The highest BCUT2D eigenvalue weighted by Gasteiger charge is 2.46. The van der Waals surface area contributed by atoms with Crippen LogP contribution in [0.1, 0.15) is 38.0 Å². The summed E-state index contributed by atoms with van der Waals surface area (Å²) in [5, 5.41) is 5.25. The average molecular weight is 385 g/mol. The summed E-state index contributed by atoms with van der Waals surface area (Å²) in [6.45, 7) is 5.09. The maximum atomic E-state index is 12.7. The van der Waals surface area contributed by atoms with Crippen LogP contribution in [-0.4, -0.2) is 48.1 Å². The molecule has 0 radical (unpaired) electrons. The molecule has 3 atom stereocenters. The van der Waals surface area contributed by atoms with E-state index in [9.17, 15) is 9.59 Å². The molecule has 1 aromatic rings. The monoisotopic (exact) mass is 384 g/mol. The molecule has 2 fully saturated rings. The van der Waals surface area contributed by atoms with Gasteiger partial charge in [0.15, 0.2) is 5.78 Å². The molecule has 2 aliphatic rings. The number of carbonyl (C=O) groups is 2. The number of ether oxygens (including phenoxy) is 1. The summed E-state index contributed by atoms with van der Waals surface area (Å²) in [6.07, 6.45) is 3.51. The molecule has 3 rings (SSSR count). The van der Waals surface area contributed by atoms with Crippen molar-refractivity contribution in [3.63, 3.8) is 0 Å². The van der Waals surface area contributed by atoms with Crippen molar-refractivity contribution in [3.8, 4) is 0 Å². The van der Waals surface area contributed by atoms with Crippen LogP contribution in [-0.2, 0) is 16.0 Å². The van der Waals surface area contributed by atoms with Gasteiger partial charge in [0.1, 0.15) is 12.6 Å². The van der Waals surface area contributed by atoms with Crippen LogP contribution in [0.5, 0.6) is 0 Å². The highest BCUT2D eigenvalue weighted by atomic mass is 32.1. The van der Waals surface area contributed by atoms with Gasteiger partial charge in [-0.1, -0.05) is 19.9 Å². The lowest BCUT2D eigenvalue weighted by Crippen LogP contribution is -2.50. The molecule has 0 bridgehead atoms. The summed E-state index contributed by atoms with van der Waals surface area (Å²) >= 11 is 1.76. The second kappa shape index (κ2) is 9.05. The second-order valence-corrected chi connectivity index (χ2v) is 8.17. The molecular weight excluding hydrogens is 356 g/mol. The lowest BCUT2D eigenvalue weighted by Gasteiger charge is -2.27. The van der Waals surface area contributed by atoms with Gasteiger partial charge in [-0.2, -0.15) is 13.5 Å². The van der Waals surface area contributed by atoms with Gasteiger partial charge in [-0.3, -0.25) is 4.79 Å². The topological polar surface area (TPSA) is 58.6 Å². The quantitative estimate of drug-likeness (QED) is 0.820. The van der Waals surface area contributed by atoms with Crippen LogP contribution in [0, 0.1) is 5.92 Å². The van der Waals surface area contributed by atoms with E-state index in [2.05, 4.69) is 36.7 Å². The molecule has 2 saturated heterocycles. The summed E-state index contributed by atoms with van der Waals surface area (Å²) in [5.74, 6) is 0.549. The summed E-state index contributed by atoms with van der Waals surface area (Å²) < 4.78 is 5.47. The number of hydrogen-bond donors (Lipinski definition) is 1. The van der Waals surface area contributed by atoms with Crippen LogP contribution < -0.4 is 5.32 Å². The molecule has 5 nitrogen and oxygen atoms in total. The molecule has 0 spiro atoms. The largest absolute Gasteiger partial charge is 0.368 e. The third-order valence-corrected chi connectivity index (χ3v) is 5.71. The highest BCUT2D eigenvalue weighted by Crippen LogP contribution is 2.27. The SMILES string of the molecule is CC(C)CC(CCc1cccs1)NC(=O)N1CC[C@H]2OCC(=O)[C@H]21.S. The predicted octanol–water partition coefficient (Wildman–Crippen LogP) is 2.96.